The standard InChI is InChI=1S/C21H25ClN2O4S/c1-2-20(28-18-10-6-16(22)7-11-18)21(25)23-17-8-12-19(13-9-17)29(26,27)24-14-4-3-5-15-24/h6-13,20H,2-5,14-15H2,1H3,(H,23,25)/t20-/m1/s1. The Hall–Kier alpha value is -2.09. The largest absolute Gasteiger partial charge is 0.481 e. The highest BCUT2D eigenvalue weighted by atomic mass is 35.5. The number of anilines is 1. The van der Waals surface area contributed by atoms with Crippen LogP contribution in [-0.2, 0) is 14.8 Å². The van der Waals surface area contributed by atoms with Gasteiger partial charge in [0.2, 0.25) is 10.0 Å². The van der Waals surface area contributed by atoms with E-state index in [0.29, 0.717) is 36.0 Å². The molecule has 29 heavy (non-hydrogen) atoms. The molecule has 0 unspecified atom stereocenters. The molecule has 1 aliphatic heterocycles. The molecule has 6 nitrogen and oxygen atoms in total. The first-order chi connectivity index (χ1) is 13.9. The summed E-state index contributed by atoms with van der Waals surface area (Å²) < 4.78 is 32.7. The van der Waals surface area contributed by atoms with Gasteiger partial charge in [0, 0.05) is 23.8 Å². The van der Waals surface area contributed by atoms with Gasteiger partial charge in [-0.1, -0.05) is 24.9 Å². The van der Waals surface area contributed by atoms with Crippen molar-refractivity contribution in [3.05, 3.63) is 53.6 Å². The van der Waals surface area contributed by atoms with E-state index in [4.69, 9.17) is 16.3 Å². The van der Waals surface area contributed by atoms with E-state index in [1.165, 1.54) is 16.4 Å². The first kappa shape index (κ1) is 21.6. The van der Waals surface area contributed by atoms with Gasteiger partial charge in [-0.15, -0.1) is 0 Å². The zero-order chi connectivity index (χ0) is 20.9. The highest BCUT2D eigenvalue weighted by Crippen LogP contribution is 2.23. The van der Waals surface area contributed by atoms with Crippen molar-refractivity contribution in [2.45, 2.75) is 43.6 Å². The first-order valence-electron chi connectivity index (χ1n) is 9.73. The number of nitrogens with zero attached hydrogens (tertiary/aromatic N) is 1. The molecule has 1 atom stereocenters. The molecule has 2 aromatic rings. The van der Waals surface area contributed by atoms with Crippen molar-refractivity contribution in [1.82, 2.24) is 4.31 Å². The number of hydrogen-bond acceptors (Lipinski definition) is 4. The van der Waals surface area contributed by atoms with E-state index < -0.39 is 16.1 Å². The van der Waals surface area contributed by atoms with Gasteiger partial charge in [0.05, 0.1) is 4.90 Å². The summed E-state index contributed by atoms with van der Waals surface area (Å²) in [5, 5.41) is 3.38. The molecule has 0 saturated carbocycles. The number of ether oxygens (including phenoxy) is 1. The van der Waals surface area contributed by atoms with Crippen LogP contribution < -0.4 is 10.1 Å². The van der Waals surface area contributed by atoms with E-state index in [9.17, 15) is 13.2 Å². The molecule has 1 fully saturated rings. The number of carbonyl (C=O) groups excluding carboxylic acids is 1. The van der Waals surface area contributed by atoms with Crippen LogP contribution in [0.25, 0.3) is 0 Å². The van der Waals surface area contributed by atoms with Crippen LogP contribution in [-0.4, -0.2) is 37.8 Å². The maximum absolute atomic E-state index is 12.7. The molecule has 0 spiro atoms. The number of piperidine rings is 1. The number of carbonyl (C=O) groups is 1. The van der Waals surface area contributed by atoms with Gasteiger partial charge in [0.15, 0.2) is 6.10 Å². The van der Waals surface area contributed by atoms with Crippen LogP contribution in [0.2, 0.25) is 5.02 Å². The van der Waals surface area contributed by atoms with Crippen molar-refractivity contribution in [1.29, 1.82) is 0 Å². The maximum Gasteiger partial charge on any atom is 0.265 e. The lowest BCUT2D eigenvalue weighted by atomic mass is 10.2. The topological polar surface area (TPSA) is 75.7 Å². The molecule has 0 aliphatic carbocycles. The normalized spacial score (nSPS) is 16.2. The maximum atomic E-state index is 12.7. The number of hydrogen-bond donors (Lipinski definition) is 1. The Kier molecular flexibility index (Phi) is 7.16. The van der Waals surface area contributed by atoms with Crippen molar-refractivity contribution in [3.63, 3.8) is 0 Å². The van der Waals surface area contributed by atoms with Crippen molar-refractivity contribution >= 4 is 33.2 Å². The van der Waals surface area contributed by atoms with Gasteiger partial charge < -0.3 is 10.1 Å². The van der Waals surface area contributed by atoms with Crippen LogP contribution >= 0.6 is 11.6 Å². The summed E-state index contributed by atoms with van der Waals surface area (Å²) in [6, 6.07) is 13.1. The molecule has 8 heteroatoms. The molecule has 1 amide bonds. The lowest BCUT2D eigenvalue weighted by molar-refractivity contribution is -0.122. The fourth-order valence-electron chi connectivity index (χ4n) is 3.19. The van der Waals surface area contributed by atoms with Crippen molar-refractivity contribution < 1.29 is 17.9 Å². The summed E-state index contributed by atoms with van der Waals surface area (Å²) in [5.41, 5.74) is 0.519. The minimum absolute atomic E-state index is 0.238. The molecule has 1 aliphatic rings. The molecule has 156 valence electrons. The van der Waals surface area contributed by atoms with Crippen LogP contribution in [0.5, 0.6) is 5.75 Å². The SMILES string of the molecule is CC[C@@H](Oc1ccc(Cl)cc1)C(=O)Nc1ccc(S(=O)(=O)N2CCCCC2)cc1. The Morgan fingerprint density at radius 2 is 1.69 bits per heavy atom. The van der Waals surface area contributed by atoms with E-state index in [1.807, 2.05) is 6.92 Å². The third-order valence-corrected chi connectivity index (χ3v) is 6.99. The second-order valence-electron chi connectivity index (χ2n) is 6.95. The quantitative estimate of drug-likeness (QED) is 0.701. The highest BCUT2D eigenvalue weighted by molar-refractivity contribution is 7.89. The van der Waals surface area contributed by atoms with Gasteiger partial charge in [0.25, 0.3) is 5.91 Å². The van der Waals surface area contributed by atoms with Gasteiger partial charge in [-0.05, 0) is 67.8 Å². The van der Waals surface area contributed by atoms with Crippen LogP contribution in [0.15, 0.2) is 53.4 Å². The predicted octanol–water partition coefficient (Wildman–Crippen LogP) is 4.31. The summed E-state index contributed by atoms with van der Waals surface area (Å²) in [6.07, 6.45) is 2.65. The number of benzene rings is 2. The number of nitrogens with one attached hydrogen (secondary N) is 1. The average Bonchev–Trinajstić information content (AvgIpc) is 2.74. The predicted molar refractivity (Wildman–Crippen MR) is 114 cm³/mol. The summed E-state index contributed by atoms with van der Waals surface area (Å²) in [7, 11) is -3.49. The number of amides is 1. The molecular formula is C21H25ClN2O4S. The van der Waals surface area contributed by atoms with Crippen molar-refractivity contribution in [2.75, 3.05) is 18.4 Å². The lowest BCUT2D eigenvalue weighted by Crippen LogP contribution is -2.35. The fraction of sp³-hybridized carbons (Fsp3) is 0.381. The lowest BCUT2D eigenvalue weighted by Gasteiger charge is -2.26. The van der Waals surface area contributed by atoms with Crippen LogP contribution in [0, 0.1) is 0 Å². The van der Waals surface area contributed by atoms with Crippen LogP contribution in [0.3, 0.4) is 0 Å². The molecule has 2 aromatic carbocycles. The summed E-state index contributed by atoms with van der Waals surface area (Å²) in [6.45, 7) is 2.97. The van der Waals surface area contributed by atoms with Gasteiger partial charge in [-0.25, -0.2) is 8.42 Å². The van der Waals surface area contributed by atoms with Gasteiger partial charge in [-0.3, -0.25) is 4.79 Å². The van der Waals surface area contributed by atoms with Crippen LogP contribution in [0.1, 0.15) is 32.6 Å². The van der Waals surface area contributed by atoms with E-state index >= 15 is 0 Å². The monoisotopic (exact) mass is 436 g/mol. The first-order valence-corrected chi connectivity index (χ1v) is 11.6. The average molecular weight is 437 g/mol. The molecule has 0 aromatic heterocycles. The Labute approximate surface area is 176 Å². The number of rotatable bonds is 7. The Morgan fingerprint density at radius 1 is 1.07 bits per heavy atom. The third-order valence-electron chi connectivity index (χ3n) is 4.83. The summed E-state index contributed by atoms with van der Waals surface area (Å²) in [4.78, 5) is 12.8. The molecule has 3 rings (SSSR count). The minimum atomic E-state index is -3.49. The fourth-order valence-corrected chi connectivity index (χ4v) is 4.83. The van der Waals surface area contributed by atoms with E-state index in [-0.39, 0.29) is 10.8 Å². The minimum Gasteiger partial charge on any atom is -0.481 e. The second kappa shape index (κ2) is 9.61. The molecule has 1 heterocycles. The number of sulfonamides is 1. The summed E-state index contributed by atoms with van der Waals surface area (Å²) in [5.74, 6) is 0.258. The van der Waals surface area contributed by atoms with Gasteiger partial charge in [0.1, 0.15) is 5.75 Å². The van der Waals surface area contributed by atoms with Crippen LogP contribution in [0.4, 0.5) is 5.69 Å². The summed E-state index contributed by atoms with van der Waals surface area (Å²) >= 11 is 5.87. The molecule has 1 N–H and O–H groups in total. The Bertz CT molecular complexity index is 924. The third kappa shape index (κ3) is 5.50. The smallest absolute Gasteiger partial charge is 0.265 e. The van der Waals surface area contributed by atoms with E-state index in [0.717, 1.165) is 19.3 Å². The number of halogens is 1. The highest BCUT2D eigenvalue weighted by Gasteiger charge is 2.26. The molecule has 0 radical (unpaired) electrons. The molecule has 1 saturated heterocycles. The van der Waals surface area contributed by atoms with Gasteiger partial charge >= 0.3 is 0 Å². The molecular weight excluding hydrogens is 412 g/mol. The zero-order valence-corrected chi connectivity index (χ0v) is 17.9. The zero-order valence-electron chi connectivity index (χ0n) is 16.3. The molecule has 0 bridgehead atoms. The second-order valence-corrected chi connectivity index (χ2v) is 9.32. The van der Waals surface area contributed by atoms with Gasteiger partial charge in [-0.2, -0.15) is 4.31 Å². The van der Waals surface area contributed by atoms with E-state index in [1.54, 1.807) is 36.4 Å². The van der Waals surface area contributed by atoms with Crippen molar-refractivity contribution in [3.8, 4) is 5.75 Å². The van der Waals surface area contributed by atoms with E-state index in [2.05, 4.69) is 5.32 Å². The van der Waals surface area contributed by atoms with Crippen molar-refractivity contribution in [2.24, 2.45) is 0 Å². The Morgan fingerprint density at radius 3 is 2.28 bits per heavy atom. The Balaban J connectivity index is 1.64.